The number of hydrogen-bond acceptors (Lipinski definition) is 3. The summed E-state index contributed by atoms with van der Waals surface area (Å²) >= 11 is 0. The number of nitrogens with one attached hydrogen (secondary N) is 1. The van der Waals surface area contributed by atoms with Crippen LogP contribution in [0.25, 0.3) is 6.08 Å². The largest absolute Gasteiger partial charge is 0.304 e. The molecule has 0 atom stereocenters. The Balaban J connectivity index is 1.65. The Hall–Kier alpha value is -2.51. The van der Waals surface area contributed by atoms with Crippen molar-refractivity contribution in [3.8, 4) is 0 Å². The number of benzene rings is 2. The molecule has 0 radical (unpaired) electrons. The highest BCUT2D eigenvalue weighted by Gasteiger charge is 2.27. The zero-order valence-corrected chi connectivity index (χ0v) is 14.2. The van der Waals surface area contributed by atoms with E-state index in [0.717, 1.165) is 17.2 Å². The van der Waals surface area contributed by atoms with Crippen LogP contribution < -0.4 is 4.72 Å². The van der Waals surface area contributed by atoms with Crippen LogP contribution in [0.3, 0.4) is 0 Å². The summed E-state index contributed by atoms with van der Waals surface area (Å²) in [5, 5.41) is 0. The molecule has 25 heavy (non-hydrogen) atoms. The molecule has 7 heteroatoms. The lowest BCUT2D eigenvalue weighted by Crippen LogP contribution is -2.45. The van der Waals surface area contributed by atoms with E-state index in [1.165, 1.54) is 34.6 Å². The molecule has 0 aliphatic carbocycles. The molecule has 1 heterocycles. The highest BCUT2D eigenvalue weighted by atomic mass is 32.2. The van der Waals surface area contributed by atoms with E-state index in [0.29, 0.717) is 18.5 Å². The van der Waals surface area contributed by atoms with Gasteiger partial charge in [0.1, 0.15) is 5.82 Å². The zero-order chi connectivity index (χ0) is 17.9. The average molecular weight is 360 g/mol. The summed E-state index contributed by atoms with van der Waals surface area (Å²) < 4.78 is 40.9. The maximum Gasteiger partial charge on any atom is 0.304 e. The van der Waals surface area contributed by atoms with E-state index in [4.69, 9.17) is 0 Å². The van der Waals surface area contributed by atoms with Gasteiger partial charge in [0.25, 0.3) is 5.91 Å². The van der Waals surface area contributed by atoms with Gasteiger partial charge < -0.3 is 0 Å². The molecule has 1 N–H and O–H groups in total. The predicted octanol–water partition coefficient (Wildman–Crippen LogP) is 2.26. The van der Waals surface area contributed by atoms with Gasteiger partial charge in [-0.05, 0) is 41.3 Å². The van der Waals surface area contributed by atoms with E-state index in [2.05, 4.69) is 0 Å². The first-order valence-electron chi connectivity index (χ1n) is 7.76. The third kappa shape index (κ3) is 4.32. The van der Waals surface area contributed by atoms with Crippen LogP contribution >= 0.6 is 0 Å². The Morgan fingerprint density at radius 1 is 1.08 bits per heavy atom. The molecule has 130 valence electrons. The van der Waals surface area contributed by atoms with Crippen molar-refractivity contribution in [2.75, 3.05) is 6.54 Å². The normalized spacial score (nSPS) is 15.1. The first kappa shape index (κ1) is 17.3. The number of halogens is 1. The number of nitrogens with zero attached hydrogens (tertiary/aromatic N) is 1. The van der Waals surface area contributed by atoms with Gasteiger partial charge in [0, 0.05) is 19.2 Å². The van der Waals surface area contributed by atoms with Crippen molar-refractivity contribution in [2.45, 2.75) is 13.0 Å². The van der Waals surface area contributed by atoms with E-state index < -0.39 is 16.1 Å². The number of rotatable bonds is 4. The SMILES string of the molecule is O=C(/C=C/c1ccc(F)cc1)NS(=O)(=O)N1CCc2ccccc2C1. The van der Waals surface area contributed by atoms with E-state index >= 15 is 0 Å². The Kier molecular flexibility index (Phi) is 4.96. The lowest BCUT2D eigenvalue weighted by Gasteiger charge is -2.27. The number of fused-ring (bicyclic) bond motifs is 1. The number of hydrogen-bond donors (Lipinski definition) is 1. The van der Waals surface area contributed by atoms with Gasteiger partial charge >= 0.3 is 10.2 Å². The number of carbonyl (C=O) groups is 1. The van der Waals surface area contributed by atoms with Crippen LogP contribution in [0.5, 0.6) is 0 Å². The molecule has 1 amide bonds. The smallest absolute Gasteiger partial charge is 0.269 e. The van der Waals surface area contributed by atoms with Crippen LogP contribution in [0.2, 0.25) is 0 Å². The molecule has 3 rings (SSSR count). The van der Waals surface area contributed by atoms with Gasteiger partial charge in [-0.3, -0.25) is 4.79 Å². The van der Waals surface area contributed by atoms with Crippen molar-refractivity contribution < 1.29 is 17.6 Å². The molecule has 0 unspecified atom stereocenters. The molecule has 0 fully saturated rings. The van der Waals surface area contributed by atoms with Crippen molar-refractivity contribution in [1.29, 1.82) is 0 Å². The quantitative estimate of drug-likeness (QED) is 0.851. The Morgan fingerprint density at radius 2 is 1.76 bits per heavy atom. The van der Waals surface area contributed by atoms with Crippen LogP contribution in [0.4, 0.5) is 4.39 Å². The van der Waals surface area contributed by atoms with Gasteiger partial charge in [0.05, 0.1) is 0 Å². The summed E-state index contributed by atoms with van der Waals surface area (Å²) in [7, 11) is -3.91. The van der Waals surface area contributed by atoms with Gasteiger partial charge in [-0.25, -0.2) is 9.11 Å². The first-order chi connectivity index (χ1) is 11.9. The minimum atomic E-state index is -3.91. The standard InChI is InChI=1S/C18H17FN2O3S/c19-17-8-5-14(6-9-17)7-10-18(22)20-25(23,24)21-12-11-15-3-1-2-4-16(15)13-21/h1-10H,11-13H2,(H,20,22)/b10-7+. The highest BCUT2D eigenvalue weighted by Crippen LogP contribution is 2.20. The summed E-state index contributed by atoms with van der Waals surface area (Å²) in [5.41, 5.74) is 2.66. The van der Waals surface area contributed by atoms with E-state index in [9.17, 15) is 17.6 Å². The second-order valence-electron chi connectivity index (χ2n) is 5.71. The molecule has 5 nitrogen and oxygen atoms in total. The molecule has 0 aromatic heterocycles. The van der Waals surface area contributed by atoms with Gasteiger partial charge in [0.15, 0.2) is 0 Å². The van der Waals surface area contributed by atoms with E-state index in [-0.39, 0.29) is 12.4 Å². The molecule has 0 saturated heterocycles. The minimum absolute atomic E-state index is 0.237. The topological polar surface area (TPSA) is 66.5 Å². The van der Waals surface area contributed by atoms with Crippen LogP contribution in [0, 0.1) is 5.82 Å². The first-order valence-corrected chi connectivity index (χ1v) is 9.20. The van der Waals surface area contributed by atoms with Crippen molar-refractivity contribution in [3.05, 3.63) is 77.1 Å². The lowest BCUT2D eigenvalue weighted by atomic mass is 10.0. The van der Waals surface area contributed by atoms with E-state index in [1.807, 2.05) is 29.0 Å². The summed E-state index contributed by atoms with van der Waals surface area (Å²) in [6.07, 6.45) is 3.15. The molecule has 0 saturated carbocycles. The van der Waals surface area contributed by atoms with Gasteiger partial charge in [-0.2, -0.15) is 12.7 Å². The molecule has 0 bridgehead atoms. The van der Waals surface area contributed by atoms with Gasteiger partial charge in [-0.1, -0.05) is 36.4 Å². The molecular formula is C18H17FN2O3S. The molecule has 1 aliphatic rings. The second kappa shape index (κ2) is 7.16. The Labute approximate surface area is 146 Å². The van der Waals surface area contributed by atoms with Gasteiger partial charge in [0.2, 0.25) is 0 Å². The predicted molar refractivity (Wildman–Crippen MR) is 93.1 cm³/mol. The van der Waals surface area contributed by atoms with Gasteiger partial charge in [-0.15, -0.1) is 0 Å². The summed E-state index contributed by atoms with van der Waals surface area (Å²) in [6.45, 7) is 0.557. The number of amides is 1. The maximum absolute atomic E-state index is 12.8. The molecule has 2 aromatic carbocycles. The third-order valence-corrected chi connectivity index (χ3v) is 5.41. The lowest BCUT2D eigenvalue weighted by molar-refractivity contribution is -0.114. The second-order valence-corrected chi connectivity index (χ2v) is 7.38. The molecular weight excluding hydrogens is 343 g/mol. The monoisotopic (exact) mass is 360 g/mol. The molecule has 2 aromatic rings. The summed E-state index contributed by atoms with van der Waals surface area (Å²) in [4.78, 5) is 11.9. The number of carbonyl (C=O) groups excluding carboxylic acids is 1. The average Bonchev–Trinajstić information content (AvgIpc) is 2.60. The van der Waals surface area contributed by atoms with Crippen molar-refractivity contribution in [3.63, 3.8) is 0 Å². The minimum Gasteiger partial charge on any atom is -0.269 e. The molecule has 1 aliphatic heterocycles. The highest BCUT2D eigenvalue weighted by molar-refractivity contribution is 7.87. The summed E-state index contributed by atoms with van der Waals surface area (Å²) in [6, 6.07) is 13.2. The molecule has 0 spiro atoms. The van der Waals surface area contributed by atoms with Crippen LogP contribution in [0.15, 0.2) is 54.6 Å². The van der Waals surface area contributed by atoms with E-state index in [1.54, 1.807) is 0 Å². The van der Waals surface area contributed by atoms with Crippen LogP contribution in [0.1, 0.15) is 16.7 Å². The van der Waals surface area contributed by atoms with Crippen LogP contribution in [-0.4, -0.2) is 25.2 Å². The maximum atomic E-state index is 12.8. The van der Waals surface area contributed by atoms with Crippen molar-refractivity contribution in [2.24, 2.45) is 0 Å². The van der Waals surface area contributed by atoms with Crippen molar-refractivity contribution >= 4 is 22.2 Å². The summed E-state index contributed by atoms with van der Waals surface area (Å²) in [5.74, 6) is -1.13. The Bertz CT molecular complexity index is 908. The van der Waals surface area contributed by atoms with Crippen molar-refractivity contribution in [1.82, 2.24) is 9.03 Å². The fourth-order valence-electron chi connectivity index (χ4n) is 2.65. The fourth-order valence-corrected chi connectivity index (χ4v) is 3.74. The third-order valence-electron chi connectivity index (χ3n) is 3.96. The van der Waals surface area contributed by atoms with Crippen LogP contribution in [-0.2, 0) is 28.0 Å². The zero-order valence-electron chi connectivity index (χ0n) is 13.4. The Morgan fingerprint density at radius 3 is 2.48 bits per heavy atom. The fraction of sp³-hybridized carbons (Fsp3) is 0.167.